The van der Waals surface area contributed by atoms with Crippen LogP contribution in [-0.2, 0) is 20.1 Å². The van der Waals surface area contributed by atoms with Gasteiger partial charge in [0.05, 0.1) is 18.3 Å². The SMILES string of the molecule is CC(C)Oc1ccnc(-c2[c-]cc3c(c2)C2C=CC=CC2C=C3)c1.[2H]C([2H])([2H])C(O)CC(O)C([2H])([2H])[2H].[Ir]. The summed E-state index contributed by atoms with van der Waals surface area (Å²) >= 11 is 0. The summed E-state index contributed by atoms with van der Waals surface area (Å²) in [4.78, 5) is 4.51. The number of pyridine rings is 1. The van der Waals surface area contributed by atoms with Gasteiger partial charge in [-0.25, -0.2) is 0 Å². The van der Waals surface area contributed by atoms with Crippen LogP contribution in [0.2, 0.25) is 0 Å². The molecule has 2 aliphatic rings. The molecule has 0 bridgehead atoms. The molecular weight excluding hydrogens is 579 g/mol. The molecule has 173 valence electrons. The maximum Gasteiger partial charge on any atom is 0.114 e. The molecule has 0 saturated carbocycles. The zero-order valence-corrected chi connectivity index (χ0v) is 20.4. The molecule has 2 aromatic rings. The number of hydrogen-bond acceptors (Lipinski definition) is 4. The number of allylic oxidation sites excluding steroid dienone is 5. The van der Waals surface area contributed by atoms with E-state index < -0.39 is 32.3 Å². The fourth-order valence-corrected chi connectivity index (χ4v) is 3.55. The van der Waals surface area contributed by atoms with Crippen molar-refractivity contribution in [2.75, 3.05) is 0 Å². The molecule has 2 aliphatic carbocycles. The zero-order chi connectivity index (χ0) is 27.4. The third-order valence-electron chi connectivity index (χ3n) is 4.88. The van der Waals surface area contributed by atoms with E-state index in [9.17, 15) is 0 Å². The van der Waals surface area contributed by atoms with Crippen molar-refractivity contribution >= 4 is 6.08 Å². The van der Waals surface area contributed by atoms with Crippen molar-refractivity contribution < 1.29 is 43.3 Å². The summed E-state index contributed by atoms with van der Waals surface area (Å²) in [6.07, 6.45) is 10.9. The maximum absolute atomic E-state index is 8.95. The van der Waals surface area contributed by atoms with E-state index in [1.54, 1.807) is 6.20 Å². The Labute approximate surface area is 213 Å². The summed E-state index contributed by atoms with van der Waals surface area (Å²) in [7, 11) is 0. The van der Waals surface area contributed by atoms with Crippen LogP contribution in [0.3, 0.4) is 0 Å². The van der Waals surface area contributed by atoms with Crippen molar-refractivity contribution in [3.8, 4) is 17.0 Å². The predicted molar refractivity (Wildman–Crippen MR) is 126 cm³/mol. The fourth-order valence-electron chi connectivity index (χ4n) is 3.55. The molecule has 4 nitrogen and oxygen atoms in total. The molecule has 4 unspecified atom stereocenters. The van der Waals surface area contributed by atoms with E-state index in [0.29, 0.717) is 11.8 Å². The van der Waals surface area contributed by atoms with Crippen LogP contribution in [0.25, 0.3) is 17.3 Å². The first-order chi connectivity index (χ1) is 17.3. The number of aliphatic hydroxyl groups excluding tert-OH is 2. The number of nitrogens with zero attached hydrogens (tertiary/aromatic N) is 1. The Kier molecular flexibility index (Phi) is 7.05. The molecule has 0 saturated heterocycles. The molecule has 0 spiro atoms. The third-order valence-corrected chi connectivity index (χ3v) is 4.88. The second-order valence-electron chi connectivity index (χ2n) is 7.80. The Morgan fingerprint density at radius 1 is 1.12 bits per heavy atom. The number of fused-ring (bicyclic) bond motifs is 3. The first-order valence-corrected chi connectivity index (χ1v) is 10.3. The molecule has 1 heterocycles. The average Bonchev–Trinajstić information content (AvgIpc) is 2.82. The van der Waals surface area contributed by atoms with Gasteiger partial charge in [0.1, 0.15) is 5.75 Å². The molecule has 4 atom stereocenters. The van der Waals surface area contributed by atoms with Gasteiger partial charge >= 0.3 is 0 Å². The smallest absolute Gasteiger partial charge is 0.114 e. The van der Waals surface area contributed by atoms with Gasteiger partial charge in [-0.3, -0.25) is 0 Å². The number of ether oxygens (including phenoxy) is 1. The molecular formula is C27H32IrNO3-. The van der Waals surface area contributed by atoms with E-state index in [1.807, 2.05) is 26.0 Å². The molecule has 0 amide bonds. The van der Waals surface area contributed by atoms with E-state index in [1.165, 1.54) is 11.1 Å². The predicted octanol–water partition coefficient (Wildman–Crippen LogP) is 5.32. The zero-order valence-electron chi connectivity index (χ0n) is 24.0. The standard InChI is InChI=1S/C22H20NO.C5H12O2.Ir/c1-15(2)24-19-11-12-23-22(14-19)18-10-9-17-8-7-16-5-3-4-6-20(16)21(17)13-18;1-4(6)3-5(2)7;/h3-9,11-16,20H,1-2H3;4-7H,3H2,1-2H3;/q-1;;/i;1D3,2D3;. The number of hydrogen-bond donors (Lipinski definition) is 2. The van der Waals surface area contributed by atoms with Crippen molar-refractivity contribution in [1.82, 2.24) is 4.98 Å². The Hall–Kier alpha value is -2.04. The quantitative estimate of drug-likeness (QED) is 0.447. The summed E-state index contributed by atoms with van der Waals surface area (Å²) in [5.41, 5.74) is 4.50. The van der Waals surface area contributed by atoms with Crippen molar-refractivity contribution in [2.24, 2.45) is 5.92 Å². The molecule has 0 fully saturated rings. The Morgan fingerprint density at radius 2 is 1.88 bits per heavy atom. The summed E-state index contributed by atoms with van der Waals surface area (Å²) < 4.78 is 46.1. The largest absolute Gasteiger partial charge is 0.492 e. The monoisotopic (exact) mass is 617 g/mol. The minimum absolute atomic E-state index is 0. The van der Waals surface area contributed by atoms with E-state index >= 15 is 0 Å². The molecule has 1 aromatic heterocycles. The van der Waals surface area contributed by atoms with Gasteiger partial charge in [-0.2, -0.15) is 0 Å². The molecule has 2 N–H and O–H groups in total. The first-order valence-electron chi connectivity index (χ1n) is 13.3. The van der Waals surface area contributed by atoms with Crippen LogP contribution in [0, 0.1) is 12.0 Å². The summed E-state index contributed by atoms with van der Waals surface area (Å²) in [5.74, 6) is 1.69. The van der Waals surface area contributed by atoms with Gasteiger partial charge in [0.2, 0.25) is 0 Å². The summed E-state index contributed by atoms with van der Waals surface area (Å²) in [5, 5.41) is 17.9. The number of benzene rings is 1. The minimum Gasteiger partial charge on any atom is -0.492 e. The van der Waals surface area contributed by atoms with Gasteiger partial charge in [-0.15, -0.1) is 41.0 Å². The molecule has 32 heavy (non-hydrogen) atoms. The second-order valence-corrected chi connectivity index (χ2v) is 7.80. The molecule has 5 heteroatoms. The van der Waals surface area contributed by atoms with Gasteiger partial charge < -0.3 is 19.9 Å². The molecule has 4 rings (SSSR count). The van der Waals surface area contributed by atoms with Crippen LogP contribution in [-0.4, -0.2) is 33.5 Å². The van der Waals surface area contributed by atoms with E-state index in [4.69, 9.17) is 23.2 Å². The Balaban J connectivity index is 0.000000313. The number of aliphatic hydroxyl groups is 2. The van der Waals surface area contributed by atoms with Gasteiger partial charge in [0, 0.05) is 40.4 Å². The fraction of sp³-hybridized carbons (Fsp3) is 0.370. The second kappa shape index (κ2) is 12.3. The van der Waals surface area contributed by atoms with Gasteiger partial charge in [0.15, 0.2) is 0 Å². The number of aromatic nitrogens is 1. The molecule has 1 aromatic carbocycles. The van der Waals surface area contributed by atoms with Gasteiger partial charge in [-0.1, -0.05) is 30.4 Å². The van der Waals surface area contributed by atoms with Crippen LogP contribution >= 0.6 is 0 Å². The minimum atomic E-state index is -2.65. The average molecular weight is 617 g/mol. The maximum atomic E-state index is 8.95. The van der Waals surface area contributed by atoms with Crippen LogP contribution in [0.1, 0.15) is 59.2 Å². The van der Waals surface area contributed by atoms with E-state index in [-0.39, 0.29) is 26.2 Å². The summed E-state index contributed by atoms with van der Waals surface area (Å²) in [6, 6.07) is 11.6. The third kappa shape index (κ3) is 7.25. The van der Waals surface area contributed by atoms with E-state index in [0.717, 1.165) is 17.0 Å². The van der Waals surface area contributed by atoms with Crippen LogP contribution in [0.5, 0.6) is 5.75 Å². The number of rotatable bonds is 5. The van der Waals surface area contributed by atoms with Crippen molar-refractivity contribution in [2.45, 2.75) is 58.2 Å². The Bertz CT molecular complexity index is 1140. The normalized spacial score (nSPS) is 23.3. The molecule has 0 aliphatic heterocycles. The van der Waals surface area contributed by atoms with Crippen LogP contribution in [0.4, 0.5) is 0 Å². The van der Waals surface area contributed by atoms with E-state index in [2.05, 4.69) is 59.6 Å². The first kappa shape index (κ1) is 18.4. The molecule has 1 radical (unpaired) electrons. The topological polar surface area (TPSA) is 62.6 Å². The van der Waals surface area contributed by atoms with Crippen LogP contribution < -0.4 is 4.74 Å². The summed E-state index contributed by atoms with van der Waals surface area (Å²) in [6.45, 7) is -1.24. The van der Waals surface area contributed by atoms with Gasteiger partial charge in [-0.05, 0) is 57.7 Å². The Morgan fingerprint density at radius 3 is 2.59 bits per heavy atom. The van der Waals surface area contributed by atoms with Crippen molar-refractivity contribution in [3.63, 3.8) is 0 Å². The van der Waals surface area contributed by atoms with Gasteiger partial charge in [0.25, 0.3) is 0 Å². The van der Waals surface area contributed by atoms with Crippen LogP contribution in [0.15, 0.2) is 60.8 Å². The van der Waals surface area contributed by atoms with Crippen molar-refractivity contribution in [3.05, 3.63) is 78.0 Å². The van der Waals surface area contributed by atoms with Crippen molar-refractivity contribution in [1.29, 1.82) is 0 Å².